The second-order valence-electron chi connectivity index (χ2n) is 7.47. The molecule has 1 amide bonds. The van der Waals surface area contributed by atoms with Gasteiger partial charge in [0.05, 0.1) is 18.1 Å². The summed E-state index contributed by atoms with van der Waals surface area (Å²) < 4.78 is 7.45. The van der Waals surface area contributed by atoms with Crippen LogP contribution < -0.4 is 10.1 Å². The molecule has 2 aromatic carbocycles. The van der Waals surface area contributed by atoms with Crippen molar-refractivity contribution in [3.8, 4) is 11.4 Å². The first-order valence-electron chi connectivity index (χ1n) is 10.1. The Balaban J connectivity index is 1.19. The van der Waals surface area contributed by atoms with Gasteiger partial charge in [-0.3, -0.25) is 9.69 Å². The molecule has 0 radical (unpaired) electrons. The highest BCUT2D eigenvalue weighted by Gasteiger charge is 2.18. The molecule has 3 aromatic rings. The van der Waals surface area contributed by atoms with Gasteiger partial charge in [-0.05, 0) is 29.7 Å². The van der Waals surface area contributed by atoms with E-state index in [0.717, 1.165) is 25.2 Å². The highest BCUT2D eigenvalue weighted by molar-refractivity contribution is 5.77. The van der Waals surface area contributed by atoms with Gasteiger partial charge in [0.25, 0.3) is 5.91 Å². The molecular weight excluding hydrogens is 380 g/mol. The van der Waals surface area contributed by atoms with Gasteiger partial charge in [0.1, 0.15) is 5.75 Å². The van der Waals surface area contributed by atoms with Crippen molar-refractivity contribution in [2.24, 2.45) is 0 Å². The maximum atomic E-state index is 12.1. The second kappa shape index (κ2) is 9.56. The van der Waals surface area contributed by atoms with E-state index in [2.05, 4.69) is 33.4 Å². The molecule has 2 N–H and O–H groups in total. The number of hydrogen-bond acceptors (Lipinski definition) is 5. The standard InChI is InChI=1S/C23H26N4O3/c28-21(15-26-10-8-18-4-1-2-5-19(18)14-26)13-25-23(29)16-30-22-7-3-6-20(12-22)27-11-9-24-17-27/h1-7,9,11-12,17,21,28H,8,10,13-16H2,(H,25,29). The van der Waals surface area contributed by atoms with Crippen molar-refractivity contribution in [3.63, 3.8) is 0 Å². The maximum Gasteiger partial charge on any atom is 0.258 e. The predicted octanol–water partition coefficient (Wildman–Crippen LogP) is 1.79. The molecule has 0 saturated carbocycles. The second-order valence-corrected chi connectivity index (χ2v) is 7.47. The van der Waals surface area contributed by atoms with Crippen LogP contribution in [0.15, 0.2) is 67.3 Å². The van der Waals surface area contributed by atoms with Crippen molar-refractivity contribution < 1.29 is 14.6 Å². The summed E-state index contributed by atoms with van der Waals surface area (Å²) in [5.41, 5.74) is 3.60. The Hall–Kier alpha value is -3.16. The first-order chi connectivity index (χ1) is 14.7. The lowest BCUT2D eigenvalue weighted by molar-refractivity contribution is -0.123. The Bertz CT molecular complexity index is 974. The van der Waals surface area contributed by atoms with Crippen molar-refractivity contribution in [1.29, 1.82) is 0 Å². The molecule has 1 atom stereocenters. The number of nitrogens with zero attached hydrogens (tertiary/aromatic N) is 3. The third-order valence-electron chi connectivity index (χ3n) is 5.20. The summed E-state index contributed by atoms with van der Waals surface area (Å²) in [5, 5.41) is 13.1. The molecule has 7 heteroatoms. The first kappa shape index (κ1) is 20.1. The van der Waals surface area contributed by atoms with Crippen LogP contribution in [0.2, 0.25) is 0 Å². The summed E-state index contributed by atoms with van der Waals surface area (Å²) in [7, 11) is 0. The molecule has 0 saturated heterocycles. The van der Waals surface area contributed by atoms with Crippen LogP contribution in [0, 0.1) is 0 Å². The molecule has 30 heavy (non-hydrogen) atoms. The van der Waals surface area contributed by atoms with Gasteiger partial charge in [0.2, 0.25) is 0 Å². The fraction of sp³-hybridized carbons (Fsp3) is 0.304. The third-order valence-corrected chi connectivity index (χ3v) is 5.20. The average Bonchev–Trinajstić information content (AvgIpc) is 3.31. The number of aliphatic hydroxyl groups is 1. The fourth-order valence-corrected chi connectivity index (χ4v) is 3.65. The number of imidazole rings is 1. The average molecular weight is 406 g/mol. The van der Waals surface area contributed by atoms with Gasteiger partial charge in [-0.15, -0.1) is 0 Å². The quantitative estimate of drug-likeness (QED) is 0.596. The molecule has 1 aromatic heterocycles. The number of rotatable bonds is 8. The minimum Gasteiger partial charge on any atom is -0.484 e. The molecule has 1 aliphatic heterocycles. The molecule has 1 aliphatic rings. The van der Waals surface area contributed by atoms with Gasteiger partial charge < -0.3 is 19.7 Å². The molecular formula is C23H26N4O3. The van der Waals surface area contributed by atoms with E-state index in [-0.39, 0.29) is 19.1 Å². The first-order valence-corrected chi connectivity index (χ1v) is 10.1. The normalized spacial score (nSPS) is 14.7. The molecule has 0 bridgehead atoms. The molecule has 1 unspecified atom stereocenters. The number of β-amino-alcohol motifs (C(OH)–C–C–N with tert-alkyl or cyclic N) is 1. The zero-order valence-electron chi connectivity index (χ0n) is 16.8. The molecule has 0 fully saturated rings. The van der Waals surface area contributed by atoms with Crippen molar-refractivity contribution in [2.75, 3.05) is 26.2 Å². The summed E-state index contributed by atoms with van der Waals surface area (Å²) in [5.74, 6) is 0.343. The largest absolute Gasteiger partial charge is 0.484 e. The summed E-state index contributed by atoms with van der Waals surface area (Å²) in [6.07, 6.45) is 5.61. The van der Waals surface area contributed by atoms with Crippen molar-refractivity contribution in [3.05, 3.63) is 78.4 Å². The van der Waals surface area contributed by atoms with E-state index in [1.807, 2.05) is 35.0 Å². The smallest absolute Gasteiger partial charge is 0.258 e. The van der Waals surface area contributed by atoms with Crippen LogP contribution in [0.1, 0.15) is 11.1 Å². The number of benzene rings is 2. The van der Waals surface area contributed by atoms with Gasteiger partial charge in [-0.1, -0.05) is 30.3 Å². The topological polar surface area (TPSA) is 79.6 Å². The van der Waals surface area contributed by atoms with Crippen LogP contribution in [0.3, 0.4) is 0 Å². The number of ether oxygens (including phenoxy) is 1. The summed E-state index contributed by atoms with van der Waals surface area (Å²) in [6.45, 7) is 2.38. The van der Waals surface area contributed by atoms with Crippen molar-refractivity contribution in [2.45, 2.75) is 19.1 Å². The zero-order chi connectivity index (χ0) is 20.8. The summed E-state index contributed by atoms with van der Waals surface area (Å²) in [4.78, 5) is 18.4. The minimum atomic E-state index is -0.621. The maximum absolute atomic E-state index is 12.1. The molecule has 2 heterocycles. The Morgan fingerprint density at radius 3 is 2.90 bits per heavy atom. The van der Waals surface area contributed by atoms with Gasteiger partial charge in [-0.25, -0.2) is 4.98 Å². The predicted molar refractivity (Wildman–Crippen MR) is 113 cm³/mol. The SMILES string of the molecule is O=C(COc1cccc(-n2ccnc2)c1)NCC(O)CN1CCc2ccccc2C1. The minimum absolute atomic E-state index is 0.100. The molecule has 7 nitrogen and oxygen atoms in total. The third kappa shape index (κ3) is 5.25. The Kier molecular flexibility index (Phi) is 6.41. The van der Waals surface area contributed by atoms with E-state index >= 15 is 0 Å². The van der Waals surface area contributed by atoms with Crippen LogP contribution in [0.25, 0.3) is 5.69 Å². The van der Waals surface area contributed by atoms with Crippen LogP contribution in [0.4, 0.5) is 0 Å². The van der Waals surface area contributed by atoms with Crippen molar-refractivity contribution in [1.82, 2.24) is 19.8 Å². The van der Waals surface area contributed by atoms with Crippen molar-refractivity contribution >= 4 is 5.91 Å². The number of nitrogens with one attached hydrogen (secondary N) is 1. The van der Waals surface area contributed by atoms with E-state index < -0.39 is 6.10 Å². The van der Waals surface area contributed by atoms with Gasteiger partial charge in [-0.2, -0.15) is 0 Å². The lowest BCUT2D eigenvalue weighted by Crippen LogP contribution is -2.42. The van der Waals surface area contributed by atoms with E-state index in [1.165, 1.54) is 11.1 Å². The summed E-state index contributed by atoms with van der Waals surface area (Å²) >= 11 is 0. The van der Waals surface area contributed by atoms with Crippen LogP contribution in [0.5, 0.6) is 5.75 Å². The number of amides is 1. The molecule has 156 valence electrons. The fourth-order valence-electron chi connectivity index (χ4n) is 3.65. The van der Waals surface area contributed by atoms with Gasteiger partial charge in [0, 0.05) is 44.6 Å². The van der Waals surface area contributed by atoms with Gasteiger partial charge >= 0.3 is 0 Å². The number of hydrogen-bond donors (Lipinski definition) is 2. The molecule has 4 rings (SSSR count). The number of carbonyl (C=O) groups is 1. The monoisotopic (exact) mass is 406 g/mol. The zero-order valence-corrected chi connectivity index (χ0v) is 16.8. The highest BCUT2D eigenvalue weighted by Crippen LogP contribution is 2.18. The van der Waals surface area contributed by atoms with Gasteiger partial charge in [0.15, 0.2) is 6.61 Å². The molecule has 0 aliphatic carbocycles. The number of aromatic nitrogens is 2. The Morgan fingerprint density at radius 1 is 1.20 bits per heavy atom. The number of carbonyl (C=O) groups excluding carboxylic acids is 1. The van der Waals surface area contributed by atoms with Crippen LogP contribution in [-0.2, 0) is 17.8 Å². The van der Waals surface area contributed by atoms with E-state index in [1.54, 1.807) is 18.6 Å². The van der Waals surface area contributed by atoms with Crippen LogP contribution in [-0.4, -0.2) is 57.8 Å². The lowest BCUT2D eigenvalue weighted by atomic mass is 10.00. The Morgan fingerprint density at radius 2 is 2.07 bits per heavy atom. The summed E-state index contributed by atoms with van der Waals surface area (Å²) in [6, 6.07) is 15.9. The highest BCUT2D eigenvalue weighted by atomic mass is 16.5. The lowest BCUT2D eigenvalue weighted by Gasteiger charge is -2.30. The molecule has 0 spiro atoms. The number of aliphatic hydroxyl groups excluding tert-OH is 1. The Labute approximate surface area is 175 Å². The van der Waals surface area contributed by atoms with E-state index in [0.29, 0.717) is 12.3 Å². The van der Waals surface area contributed by atoms with E-state index in [9.17, 15) is 9.90 Å². The van der Waals surface area contributed by atoms with Crippen LogP contribution >= 0.6 is 0 Å². The number of fused-ring (bicyclic) bond motifs is 1. The van der Waals surface area contributed by atoms with E-state index in [4.69, 9.17) is 4.74 Å².